The number of aromatic amines is 1. The van der Waals surface area contributed by atoms with Crippen LogP contribution in [0.4, 0.5) is 4.39 Å². The third-order valence-corrected chi connectivity index (χ3v) is 5.46. The van der Waals surface area contributed by atoms with Crippen LogP contribution in [-0.4, -0.2) is 45.9 Å². The molecule has 2 bridgehead atoms. The maximum absolute atomic E-state index is 13.8. The molecule has 2 atom stereocenters. The number of piperidine rings is 3. The summed E-state index contributed by atoms with van der Waals surface area (Å²) in [7, 11) is 0. The molecule has 3 aliphatic heterocycles. The molecule has 0 aliphatic carbocycles. The van der Waals surface area contributed by atoms with Gasteiger partial charge in [-0.05, 0) is 57.0 Å². The number of H-pyrrole nitrogens is 1. The van der Waals surface area contributed by atoms with Gasteiger partial charge in [-0.1, -0.05) is 0 Å². The van der Waals surface area contributed by atoms with Crippen molar-refractivity contribution in [3.05, 3.63) is 42.1 Å². The SMILES string of the molecule is C[C@@H]1[C@H](NC(=O)c2ccc(-c3cnccc3F)[nH]2)C2CCN1CC2. The monoisotopic (exact) mass is 328 g/mol. The number of carbonyl (C=O) groups is 1. The van der Waals surface area contributed by atoms with E-state index in [1.807, 2.05) is 0 Å². The van der Waals surface area contributed by atoms with E-state index < -0.39 is 0 Å². The molecule has 2 aromatic rings. The van der Waals surface area contributed by atoms with E-state index in [0.29, 0.717) is 28.9 Å². The molecule has 2 N–H and O–H groups in total. The van der Waals surface area contributed by atoms with E-state index in [1.165, 1.54) is 18.5 Å². The van der Waals surface area contributed by atoms with Crippen LogP contribution in [0.1, 0.15) is 30.3 Å². The number of fused-ring (bicyclic) bond motifs is 3. The summed E-state index contributed by atoms with van der Waals surface area (Å²) in [6.07, 6.45) is 5.15. The molecule has 24 heavy (non-hydrogen) atoms. The van der Waals surface area contributed by atoms with E-state index in [1.54, 1.807) is 12.1 Å². The first kappa shape index (κ1) is 15.3. The third-order valence-electron chi connectivity index (χ3n) is 5.46. The van der Waals surface area contributed by atoms with Gasteiger partial charge in [-0.15, -0.1) is 0 Å². The summed E-state index contributed by atoms with van der Waals surface area (Å²) < 4.78 is 13.8. The minimum Gasteiger partial charge on any atom is -0.350 e. The molecule has 3 fully saturated rings. The first-order valence-corrected chi connectivity index (χ1v) is 8.47. The van der Waals surface area contributed by atoms with E-state index in [9.17, 15) is 9.18 Å². The molecule has 0 aromatic carbocycles. The molecule has 6 heteroatoms. The normalized spacial score (nSPS) is 28.8. The van der Waals surface area contributed by atoms with Crippen molar-refractivity contribution >= 4 is 5.91 Å². The number of pyridine rings is 1. The van der Waals surface area contributed by atoms with Crippen molar-refractivity contribution in [2.75, 3.05) is 13.1 Å². The second kappa shape index (κ2) is 6.02. The Labute approximate surface area is 140 Å². The number of nitrogens with one attached hydrogen (secondary N) is 2. The number of amides is 1. The zero-order chi connectivity index (χ0) is 16.7. The number of nitrogens with zero attached hydrogens (tertiary/aromatic N) is 2. The maximum Gasteiger partial charge on any atom is 0.267 e. The molecule has 5 nitrogen and oxygen atoms in total. The fraction of sp³-hybridized carbons (Fsp3) is 0.444. The van der Waals surface area contributed by atoms with Gasteiger partial charge in [0, 0.05) is 24.5 Å². The van der Waals surface area contributed by atoms with Gasteiger partial charge in [0.1, 0.15) is 11.5 Å². The topological polar surface area (TPSA) is 61.0 Å². The van der Waals surface area contributed by atoms with Crippen LogP contribution in [0.25, 0.3) is 11.3 Å². The van der Waals surface area contributed by atoms with E-state index in [0.717, 1.165) is 25.9 Å². The highest BCUT2D eigenvalue weighted by Gasteiger charge is 2.40. The Balaban J connectivity index is 1.51. The molecule has 2 aromatic heterocycles. The van der Waals surface area contributed by atoms with E-state index in [-0.39, 0.29) is 17.8 Å². The highest BCUT2D eigenvalue weighted by atomic mass is 19.1. The number of aromatic nitrogens is 2. The van der Waals surface area contributed by atoms with Gasteiger partial charge in [-0.2, -0.15) is 0 Å². The fourth-order valence-corrected chi connectivity index (χ4v) is 4.03. The standard InChI is InChI=1S/C18H21FN4O/c1-11-17(12-5-8-23(11)9-6-12)22-18(24)16-3-2-15(21-16)13-10-20-7-4-14(13)19/h2-4,7,10-12,17,21H,5-6,8-9H2,1H3,(H,22,24)/t11-,17+/m1/s1. The molecule has 3 aliphatic rings. The summed E-state index contributed by atoms with van der Waals surface area (Å²) in [5.41, 5.74) is 1.39. The van der Waals surface area contributed by atoms with Gasteiger partial charge >= 0.3 is 0 Å². The van der Waals surface area contributed by atoms with E-state index in [2.05, 4.69) is 27.1 Å². The Kier molecular flexibility index (Phi) is 3.84. The molecule has 5 heterocycles. The highest BCUT2D eigenvalue weighted by molar-refractivity contribution is 5.93. The van der Waals surface area contributed by atoms with E-state index >= 15 is 0 Å². The molecule has 0 saturated carbocycles. The lowest BCUT2D eigenvalue weighted by molar-refractivity contribution is 0.0216. The van der Waals surface area contributed by atoms with Crippen LogP contribution < -0.4 is 5.32 Å². The molecule has 0 spiro atoms. The zero-order valence-electron chi connectivity index (χ0n) is 13.6. The summed E-state index contributed by atoms with van der Waals surface area (Å²) in [6, 6.07) is 5.27. The quantitative estimate of drug-likeness (QED) is 0.910. The average molecular weight is 328 g/mol. The summed E-state index contributed by atoms with van der Waals surface area (Å²) in [5.74, 6) is 0.0696. The minimum atomic E-state index is -0.357. The van der Waals surface area contributed by atoms with Crippen LogP contribution in [0.2, 0.25) is 0 Å². The Hall–Kier alpha value is -2.21. The van der Waals surface area contributed by atoms with Crippen LogP contribution in [0, 0.1) is 11.7 Å². The number of halogens is 1. The number of hydrogen-bond acceptors (Lipinski definition) is 3. The lowest BCUT2D eigenvalue weighted by Crippen LogP contribution is -2.62. The Morgan fingerprint density at radius 3 is 2.83 bits per heavy atom. The summed E-state index contributed by atoms with van der Waals surface area (Å²) in [4.78, 5) is 22.0. The summed E-state index contributed by atoms with van der Waals surface area (Å²) in [5, 5.41) is 3.17. The Bertz CT molecular complexity index is 749. The van der Waals surface area contributed by atoms with Crippen molar-refractivity contribution < 1.29 is 9.18 Å². The molecular formula is C18H21FN4O. The van der Waals surface area contributed by atoms with Crippen LogP contribution in [0.5, 0.6) is 0 Å². The van der Waals surface area contributed by atoms with Crippen molar-refractivity contribution in [2.45, 2.75) is 31.8 Å². The van der Waals surface area contributed by atoms with E-state index in [4.69, 9.17) is 0 Å². The lowest BCUT2D eigenvalue weighted by Gasteiger charge is -2.49. The lowest BCUT2D eigenvalue weighted by atomic mass is 9.79. The highest BCUT2D eigenvalue weighted by Crippen LogP contribution is 2.32. The Morgan fingerprint density at radius 1 is 1.33 bits per heavy atom. The molecule has 3 saturated heterocycles. The molecule has 0 radical (unpaired) electrons. The molecule has 0 unspecified atom stereocenters. The van der Waals surface area contributed by atoms with Crippen molar-refractivity contribution in [3.63, 3.8) is 0 Å². The Morgan fingerprint density at radius 2 is 2.12 bits per heavy atom. The fourth-order valence-electron chi connectivity index (χ4n) is 4.03. The van der Waals surface area contributed by atoms with Gasteiger partial charge in [0.15, 0.2) is 0 Å². The van der Waals surface area contributed by atoms with Crippen molar-refractivity contribution in [1.29, 1.82) is 0 Å². The van der Waals surface area contributed by atoms with Gasteiger partial charge in [0.25, 0.3) is 5.91 Å². The average Bonchev–Trinajstić information content (AvgIpc) is 3.09. The number of carbonyl (C=O) groups excluding carboxylic acids is 1. The van der Waals surface area contributed by atoms with Crippen LogP contribution >= 0.6 is 0 Å². The largest absolute Gasteiger partial charge is 0.350 e. The number of hydrogen-bond donors (Lipinski definition) is 2. The van der Waals surface area contributed by atoms with Gasteiger partial charge in [-0.3, -0.25) is 14.7 Å². The predicted octanol–water partition coefficient (Wildman–Crippen LogP) is 2.43. The van der Waals surface area contributed by atoms with Gasteiger partial charge in [0.2, 0.25) is 0 Å². The smallest absolute Gasteiger partial charge is 0.267 e. The van der Waals surface area contributed by atoms with Crippen LogP contribution in [0.3, 0.4) is 0 Å². The predicted molar refractivity (Wildman–Crippen MR) is 89.0 cm³/mol. The van der Waals surface area contributed by atoms with Crippen molar-refractivity contribution in [1.82, 2.24) is 20.2 Å². The van der Waals surface area contributed by atoms with Crippen LogP contribution in [-0.2, 0) is 0 Å². The first-order chi connectivity index (χ1) is 11.6. The minimum absolute atomic E-state index is 0.129. The third kappa shape index (κ3) is 2.60. The second-order valence-electron chi connectivity index (χ2n) is 6.75. The second-order valence-corrected chi connectivity index (χ2v) is 6.75. The summed E-state index contributed by atoms with van der Waals surface area (Å²) >= 11 is 0. The molecule has 126 valence electrons. The van der Waals surface area contributed by atoms with Crippen molar-refractivity contribution in [3.8, 4) is 11.3 Å². The zero-order valence-corrected chi connectivity index (χ0v) is 13.6. The summed E-state index contributed by atoms with van der Waals surface area (Å²) in [6.45, 7) is 4.44. The van der Waals surface area contributed by atoms with Gasteiger partial charge in [-0.25, -0.2) is 4.39 Å². The number of rotatable bonds is 3. The van der Waals surface area contributed by atoms with Gasteiger partial charge < -0.3 is 10.3 Å². The van der Waals surface area contributed by atoms with Crippen LogP contribution in [0.15, 0.2) is 30.6 Å². The maximum atomic E-state index is 13.8. The first-order valence-electron chi connectivity index (χ1n) is 8.47. The molecular weight excluding hydrogens is 307 g/mol. The van der Waals surface area contributed by atoms with Gasteiger partial charge in [0.05, 0.1) is 11.3 Å². The molecule has 1 amide bonds. The molecule has 5 rings (SSSR count). The van der Waals surface area contributed by atoms with Crippen molar-refractivity contribution in [2.24, 2.45) is 5.92 Å².